The number of aryl methyl sites for hydroxylation is 1. The Hall–Kier alpha value is -2.53. The fourth-order valence-corrected chi connectivity index (χ4v) is 3.41. The standard InChI is InChI=1S/C19H21N5/c1-14-9-22-23-18(14)17-7-8-24(13-17)12-15-10-20-19(21-11-15)16-5-3-2-4-6-16/h2-6,9-11,17H,7-8,12-13H2,1H3,(H,22,23)/t17-/m0/s1. The molecule has 0 saturated carbocycles. The van der Waals surface area contributed by atoms with Crippen LogP contribution in [0.25, 0.3) is 11.4 Å². The van der Waals surface area contributed by atoms with Crippen molar-refractivity contribution in [2.75, 3.05) is 13.1 Å². The topological polar surface area (TPSA) is 57.7 Å². The molecule has 4 rings (SSSR count). The second kappa shape index (κ2) is 6.53. The first kappa shape index (κ1) is 15.0. The maximum absolute atomic E-state index is 4.52. The van der Waals surface area contributed by atoms with Gasteiger partial charge in [0.2, 0.25) is 0 Å². The van der Waals surface area contributed by atoms with Crippen LogP contribution >= 0.6 is 0 Å². The number of nitrogens with zero attached hydrogens (tertiary/aromatic N) is 4. The molecule has 1 aromatic carbocycles. The van der Waals surface area contributed by atoms with Crippen molar-refractivity contribution in [1.82, 2.24) is 25.1 Å². The summed E-state index contributed by atoms with van der Waals surface area (Å²) in [6.45, 7) is 5.18. The number of rotatable bonds is 4. The summed E-state index contributed by atoms with van der Waals surface area (Å²) in [6.07, 6.45) is 6.98. The van der Waals surface area contributed by atoms with E-state index in [-0.39, 0.29) is 0 Å². The van der Waals surface area contributed by atoms with E-state index in [2.05, 4.69) is 32.0 Å². The van der Waals surface area contributed by atoms with E-state index >= 15 is 0 Å². The lowest BCUT2D eigenvalue weighted by Gasteiger charge is -2.15. The van der Waals surface area contributed by atoms with Gasteiger partial charge in [0.05, 0.1) is 6.20 Å². The zero-order valence-corrected chi connectivity index (χ0v) is 13.8. The van der Waals surface area contributed by atoms with E-state index in [1.54, 1.807) is 0 Å². The molecule has 0 unspecified atom stereocenters. The van der Waals surface area contributed by atoms with Gasteiger partial charge < -0.3 is 0 Å². The van der Waals surface area contributed by atoms with Crippen molar-refractivity contribution < 1.29 is 0 Å². The number of hydrogen-bond acceptors (Lipinski definition) is 4. The van der Waals surface area contributed by atoms with E-state index in [0.29, 0.717) is 5.92 Å². The molecule has 1 aliphatic heterocycles. The monoisotopic (exact) mass is 319 g/mol. The van der Waals surface area contributed by atoms with Crippen molar-refractivity contribution in [3.05, 3.63) is 65.7 Å². The Balaban J connectivity index is 1.40. The Labute approximate surface area is 141 Å². The Morgan fingerprint density at radius 3 is 2.62 bits per heavy atom. The van der Waals surface area contributed by atoms with Crippen LogP contribution in [0.5, 0.6) is 0 Å². The van der Waals surface area contributed by atoms with E-state index in [0.717, 1.165) is 36.6 Å². The SMILES string of the molecule is Cc1cn[nH]c1[C@H]1CCN(Cc2cnc(-c3ccccc3)nc2)C1. The summed E-state index contributed by atoms with van der Waals surface area (Å²) >= 11 is 0. The molecule has 0 amide bonds. The molecule has 3 aromatic rings. The Kier molecular flexibility index (Phi) is 4.09. The quantitative estimate of drug-likeness (QED) is 0.802. The molecule has 24 heavy (non-hydrogen) atoms. The molecule has 0 radical (unpaired) electrons. The molecule has 0 aliphatic carbocycles. The van der Waals surface area contributed by atoms with Crippen molar-refractivity contribution in [2.45, 2.75) is 25.8 Å². The van der Waals surface area contributed by atoms with Crippen LogP contribution in [-0.4, -0.2) is 38.2 Å². The minimum Gasteiger partial charge on any atom is -0.298 e. The van der Waals surface area contributed by atoms with Crippen LogP contribution < -0.4 is 0 Å². The number of benzene rings is 1. The fraction of sp³-hybridized carbons (Fsp3) is 0.316. The van der Waals surface area contributed by atoms with Crippen LogP contribution in [0.1, 0.15) is 29.2 Å². The van der Waals surface area contributed by atoms with Crippen LogP contribution in [0.4, 0.5) is 0 Å². The lowest BCUT2D eigenvalue weighted by molar-refractivity contribution is 0.325. The summed E-state index contributed by atoms with van der Waals surface area (Å²) in [5, 5.41) is 7.31. The van der Waals surface area contributed by atoms with Crippen LogP contribution in [-0.2, 0) is 6.54 Å². The minimum absolute atomic E-state index is 0.553. The molecule has 0 bridgehead atoms. The molecule has 5 nitrogen and oxygen atoms in total. The van der Waals surface area contributed by atoms with Gasteiger partial charge in [-0.1, -0.05) is 30.3 Å². The van der Waals surface area contributed by atoms with Crippen LogP contribution in [0.15, 0.2) is 48.9 Å². The first-order valence-electron chi connectivity index (χ1n) is 8.38. The minimum atomic E-state index is 0.553. The molecule has 1 atom stereocenters. The molecular weight excluding hydrogens is 298 g/mol. The largest absolute Gasteiger partial charge is 0.298 e. The third kappa shape index (κ3) is 3.08. The molecule has 1 aliphatic rings. The maximum Gasteiger partial charge on any atom is 0.159 e. The lowest BCUT2D eigenvalue weighted by atomic mass is 10.0. The second-order valence-electron chi connectivity index (χ2n) is 6.47. The summed E-state index contributed by atoms with van der Waals surface area (Å²) in [6, 6.07) is 10.1. The van der Waals surface area contributed by atoms with Crippen molar-refractivity contribution in [3.63, 3.8) is 0 Å². The van der Waals surface area contributed by atoms with Gasteiger partial charge in [-0.3, -0.25) is 10.00 Å². The van der Waals surface area contributed by atoms with Crippen LogP contribution in [0.3, 0.4) is 0 Å². The Bertz CT molecular complexity index is 794. The molecule has 1 saturated heterocycles. The smallest absolute Gasteiger partial charge is 0.159 e. The van der Waals surface area contributed by atoms with Gasteiger partial charge in [0, 0.05) is 48.2 Å². The molecule has 0 spiro atoms. The predicted molar refractivity (Wildman–Crippen MR) is 93.4 cm³/mol. The average molecular weight is 319 g/mol. The zero-order valence-electron chi connectivity index (χ0n) is 13.8. The molecule has 5 heteroatoms. The highest BCUT2D eigenvalue weighted by molar-refractivity contribution is 5.53. The Morgan fingerprint density at radius 2 is 1.92 bits per heavy atom. The first-order valence-corrected chi connectivity index (χ1v) is 8.38. The van der Waals surface area contributed by atoms with E-state index in [4.69, 9.17) is 0 Å². The summed E-state index contributed by atoms with van der Waals surface area (Å²) in [5.41, 5.74) is 4.77. The number of nitrogens with one attached hydrogen (secondary N) is 1. The molecule has 1 N–H and O–H groups in total. The highest BCUT2D eigenvalue weighted by Gasteiger charge is 2.26. The second-order valence-corrected chi connectivity index (χ2v) is 6.47. The summed E-state index contributed by atoms with van der Waals surface area (Å²) in [4.78, 5) is 11.5. The van der Waals surface area contributed by atoms with Crippen molar-refractivity contribution >= 4 is 0 Å². The van der Waals surface area contributed by atoms with Crippen LogP contribution in [0.2, 0.25) is 0 Å². The number of likely N-dealkylation sites (tertiary alicyclic amines) is 1. The summed E-state index contributed by atoms with van der Waals surface area (Å²) in [5.74, 6) is 1.34. The van der Waals surface area contributed by atoms with Crippen LogP contribution in [0, 0.1) is 6.92 Å². The van der Waals surface area contributed by atoms with Gasteiger partial charge in [0.25, 0.3) is 0 Å². The molecule has 122 valence electrons. The van der Waals surface area contributed by atoms with Gasteiger partial charge in [0.1, 0.15) is 0 Å². The van der Waals surface area contributed by atoms with Crippen molar-refractivity contribution in [3.8, 4) is 11.4 Å². The van der Waals surface area contributed by atoms with Gasteiger partial charge in [-0.15, -0.1) is 0 Å². The first-order chi connectivity index (χ1) is 11.8. The molecule has 1 fully saturated rings. The van der Waals surface area contributed by atoms with Gasteiger partial charge in [-0.2, -0.15) is 5.10 Å². The summed E-state index contributed by atoms with van der Waals surface area (Å²) < 4.78 is 0. The van der Waals surface area contributed by atoms with Gasteiger partial charge >= 0.3 is 0 Å². The molecule has 2 aromatic heterocycles. The van der Waals surface area contributed by atoms with E-state index in [1.807, 2.05) is 48.9 Å². The third-order valence-electron chi connectivity index (χ3n) is 4.69. The average Bonchev–Trinajstić information content (AvgIpc) is 3.25. The Morgan fingerprint density at radius 1 is 1.12 bits per heavy atom. The zero-order chi connectivity index (χ0) is 16.4. The number of H-pyrrole nitrogens is 1. The summed E-state index contributed by atoms with van der Waals surface area (Å²) in [7, 11) is 0. The van der Waals surface area contributed by atoms with E-state index in [9.17, 15) is 0 Å². The maximum atomic E-state index is 4.52. The highest BCUT2D eigenvalue weighted by Crippen LogP contribution is 2.28. The van der Waals surface area contributed by atoms with Crippen molar-refractivity contribution in [1.29, 1.82) is 0 Å². The molecule has 3 heterocycles. The number of hydrogen-bond donors (Lipinski definition) is 1. The number of aromatic amines is 1. The van der Waals surface area contributed by atoms with E-state index in [1.165, 1.54) is 17.7 Å². The van der Waals surface area contributed by atoms with Gasteiger partial charge in [-0.05, 0) is 25.5 Å². The van der Waals surface area contributed by atoms with Crippen molar-refractivity contribution in [2.24, 2.45) is 0 Å². The van der Waals surface area contributed by atoms with Gasteiger partial charge in [-0.25, -0.2) is 9.97 Å². The van der Waals surface area contributed by atoms with Gasteiger partial charge in [0.15, 0.2) is 5.82 Å². The predicted octanol–water partition coefficient (Wildman–Crippen LogP) is 3.16. The normalized spacial score (nSPS) is 18.1. The van der Waals surface area contributed by atoms with E-state index < -0.39 is 0 Å². The lowest BCUT2D eigenvalue weighted by Crippen LogP contribution is -2.20. The highest BCUT2D eigenvalue weighted by atomic mass is 15.2. The molecular formula is C19H21N5. The fourth-order valence-electron chi connectivity index (χ4n) is 3.41. The third-order valence-corrected chi connectivity index (χ3v) is 4.69. The number of aromatic nitrogens is 4.